The summed E-state index contributed by atoms with van der Waals surface area (Å²) in [5.74, 6) is 0.730. The third kappa shape index (κ3) is 5.52. The zero-order valence-corrected chi connectivity index (χ0v) is 18.6. The van der Waals surface area contributed by atoms with E-state index in [0.29, 0.717) is 30.2 Å². The SMILES string of the molecule is CO[C@@H]1CN(C)C(=O)c2cc(NC(=O)C3CCCC3)ccc2OC[C@@H](C)NC[C@@H]1C. The summed E-state index contributed by atoms with van der Waals surface area (Å²) in [7, 11) is 3.46. The first-order valence-electron chi connectivity index (χ1n) is 11.0. The molecule has 0 saturated heterocycles. The van der Waals surface area contributed by atoms with Gasteiger partial charge in [-0.15, -0.1) is 0 Å². The van der Waals surface area contributed by atoms with E-state index in [1.807, 2.05) is 6.07 Å². The van der Waals surface area contributed by atoms with Crippen molar-refractivity contribution in [2.75, 3.05) is 39.2 Å². The maximum Gasteiger partial charge on any atom is 0.257 e. The van der Waals surface area contributed by atoms with Gasteiger partial charge < -0.3 is 25.0 Å². The Hall–Kier alpha value is -2.12. The number of nitrogens with one attached hydrogen (secondary N) is 2. The molecule has 1 heterocycles. The lowest BCUT2D eigenvalue weighted by molar-refractivity contribution is -0.119. The Kier molecular flexibility index (Phi) is 7.72. The first-order valence-corrected chi connectivity index (χ1v) is 11.0. The van der Waals surface area contributed by atoms with Crippen LogP contribution in [0.2, 0.25) is 0 Å². The van der Waals surface area contributed by atoms with Crippen molar-refractivity contribution in [3.8, 4) is 5.75 Å². The molecule has 1 aromatic carbocycles. The zero-order valence-electron chi connectivity index (χ0n) is 18.6. The summed E-state index contributed by atoms with van der Waals surface area (Å²) >= 11 is 0. The summed E-state index contributed by atoms with van der Waals surface area (Å²) in [4.78, 5) is 27.5. The van der Waals surface area contributed by atoms with Crippen molar-refractivity contribution in [1.82, 2.24) is 10.2 Å². The molecule has 3 atom stereocenters. The van der Waals surface area contributed by atoms with Gasteiger partial charge in [-0.25, -0.2) is 0 Å². The van der Waals surface area contributed by atoms with Gasteiger partial charge in [-0.1, -0.05) is 19.8 Å². The van der Waals surface area contributed by atoms with Crippen molar-refractivity contribution in [3.05, 3.63) is 23.8 Å². The normalized spacial score (nSPS) is 26.3. The number of carbonyl (C=O) groups excluding carboxylic acids is 2. The number of nitrogens with zero attached hydrogens (tertiary/aromatic N) is 1. The molecule has 0 radical (unpaired) electrons. The summed E-state index contributed by atoms with van der Waals surface area (Å²) in [6.45, 7) is 5.88. The molecule has 2 amide bonds. The Morgan fingerprint density at radius 1 is 1.27 bits per heavy atom. The molecule has 1 fully saturated rings. The van der Waals surface area contributed by atoms with E-state index < -0.39 is 0 Å². The van der Waals surface area contributed by atoms with Crippen LogP contribution in [0, 0.1) is 11.8 Å². The molecule has 30 heavy (non-hydrogen) atoms. The molecule has 7 nitrogen and oxygen atoms in total. The Morgan fingerprint density at radius 3 is 2.70 bits per heavy atom. The first kappa shape index (κ1) is 22.6. The van der Waals surface area contributed by atoms with Gasteiger partial charge in [0.1, 0.15) is 12.4 Å². The van der Waals surface area contributed by atoms with Gasteiger partial charge in [-0.05, 0) is 43.9 Å². The first-order chi connectivity index (χ1) is 14.4. The molecule has 0 spiro atoms. The maximum atomic E-state index is 13.3. The second-order valence-corrected chi connectivity index (χ2v) is 8.74. The summed E-state index contributed by atoms with van der Waals surface area (Å²) < 4.78 is 11.6. The second kappa shape index (κ2) is 10.3. The number of fused-ring (bicyclic) bond motifs is 1. The van der Waals surface area contributed by atoms with Crippen LogP contribution in [0.15, 0.2) is 18.2 Å². The largest absolute Gasteiger partial charge is 0.491 e. The number of hydrogen-bond acceptors (Lipinski definition) is 5. The monoisotopic (exact) mass is 417 g/mol. The number of hydrogen-bond donors (Lipinski definition) is 2. The van der Waals surface area contributed by atoms with Crippen molar-refractivity contribution in [3.63, 3.8) is 0 Å². The van der Waals surface area contributed by atoms with Crippen LogP contribution in [-0.4, -0.2) is 62.7 Å². The van der Waals surface area contributed by atoms with Gasteiger partial charge in [0, 0.05) is 44.9 Å². The van der Waals surface area contributed by atoms with Crippen LogP contribution >= 0.6 is 0 Å². The fourth-order valence-electron chi connectivity index (χ4n) is 4.17. The molecular weight excluding hydrogens is 382 g/mol. The highest BCUT2D eigenvalue weighted by atomic mass is 16.5. The number of rotatable bonds is 3. The van der Waals surface area contributed by atoms with Crippen molar-refractivity contribution in [2.24, 2.45) is 11.8 Å². The summed E-state index contributed by atoms with van der Waals surface area (Å²) in [6.07, 6.45) is 3.99. The molecule has 3 rings (SSSR count). The van der Waals surface area contributed by atoms with Crippen molar-refractivity contribution in [2.45, 2.75) is 51.7 Å². The van der Waals surface area contributed by atoms with Crippen LogP contribution in [0.5, 0.6) is 5.75 Å². The average molecular weight is 418 g/mol. The lowest BCUT2D eigenvalue weighted by atomic mass is 10.0. The van der Waals surface area contributed by atoms with Crippen LogP contribution in [0.1, 0.15) is 49.9 Å². The summed E-state index contributed by atoms with van der Waals surface area (Å²) in [6, 6.07) is 5.45. The van der Waals surface area contributed by atoms with E-state index in [1.54, 1.807) is 31.2 Å². The van der Waals surface area contributed by atoms with Gasteiger partial charge >= 0.3 is 0 Å². The minimum atomic E-state index is -0.141. The predicted octanol–water partition coefficient (Wildman–Crippen LogP) is 2.91. The smallest absolute Gasteiger partial charge is 0.257 e. The fraction of sp³-hybridized carbons (Fsp3) is 0.652. The van der Waals surface area contributed by atoms with Gasteiger partial charge in [0.25, 0.3) is 5.91 Å². The minimum Gasteiger partial charge on any atom is -0.491 e. The molecule has 1 aliphatic carbocycles. The molecule has 1 aromatic rings. The average Bonchev–Trinajstić information content (AvgIpc) is 3.28. The second-order valence-electron chi connectivity index (χ2n) is 8.74. The number of methoxy groups -OCH3 is 1. The molecule has 0 unspecified atom stereocenters. The van der Waals surface area contributed by atoms with Gasteiger partial charge in [0.15, 0.2) is 0 Å². The standard InChI is InChI=1S/C23H35N3O4/c1-15-12-24-16(2)14-30-20-10-9-18(25-22(27)17-7-5-6-8-17)11-19(20)23(28)26(3)13-21(15)29-4/h9-11,15-17,21,24H,5-8,12-14H2,1-4H3,(H,25,27)/t15-,16+,21+/m0/s1. The van der Waals surface area contributed by atoms with Crippen LogP contribution in [0.3, 0.4) is 0 Å². The molecule has 0 aromatic heterocycles. The molecule has 2 N–H and O–H groups in total. The van der Waals surface area contributed by atoms with E-state index in [9.17, 15) is 9.59 Å². The topological polar surface area (TPSA) is 79.9 Å². The minimum absolute atomic E-state index is 0.0356. The van der Waals surface area contributed by atoms with E-state index in [1.165, 1.54) is 0 Å². The van der Waals surface area contributed by atoms with Gasteiger partial charge in [-0.3, -0.25) is 9.59 Å². The Labute approximate surface area is 179 Å². The fourth-order valence-corrected chi connectivity index (χ4v) is 4.17. The number of likely N-dealkylation sites (N-methyl/N-ethyl adjacent to an activating group) is 1. The Morgan fingerprint density at radius 2 is 2.00 bits per heavy atom. The number of ether oxygens (including phenoxy) is 2. The quantitative estimate of drug-likeness (QED) is 0.791. The highest BCUT2D eigenvalue weighted by molar-refractivity contribution is 5.99. The van der Waals surface area contributed by atoms with E-state index in [-0.39, 0.29) is 35.8 Å². The van der Waals surface area contributed by atoms with Crippen molar-refractivity contribution < 1.29 is 19.1 Å². The van der Waals surface area contributed by atoms with Crippen molar-refractivity contribution in [1.29, 1.82) is 0 Å². The molecule has 166 valence electrons. The third-order valence-corrected chi connectivity index (χ3v) is 6.22. The van der Waals surface area contributed by atoms with Crippen LogP contribution in [0.4, 0.5) is 5.69 Å². The van der Waals surface area contributed by atoms with Gasteiger partial charge in [0.05, 0.1) is 11.7 Å². The predicted molar refractivity (Wildman–Crippen MR) is 117 cm³/mol. The van der Waals surface area contributed by atoms with Crippen LogP contribution in [-0.2, 0) is 9.53 Å². The third-order valence-electron chi connectivity index (χ3n) is 6.22. The highest BCUT2D eigenvalue weighted by Gasteiger charge is 2.27. The Bertz CT molecular complexity index is 748. The molecule has 1 aliphatic heterocycles. The molecular formula is C23H35N3O4. The Balaban J connectivity index is 1.85. The van der Waals surface area contributed by atoms with Crippen LogP contribution in [0.25, 0.3) is 0 Å². The number of benzene rings is 1. The lowest BCUT2D eigenvalue weighted by Gasteiger charge is -2.30. The van der Waals surface area contributed by atoms with Crippen LogP contribution < -0.4 is 15.4 Å². The molecule has 2 aliphatic rings. The van der Waals surface area contributed by atoms with Crippen molar-refractivity contribution >= 4 is 17.5 Å². The van der Waals surface area contributed by atoms with E-state index in [4.69, 9.17) is 9.47 Å². The maximum absolute atomic E-state index is 13.3. The molecule has 0 bridgehead atoms. The number of amides is 2. The molecule has 1 saturated carbocycles. The van der Waals surface area contributed by atoms with E-state index in [2.05, 4.69) is 24.5 Å². The van der Waals surface area contributed by atoms with Gasteiger partial charge in [0.2, 0.25) is 5.91 Å². The highest BCUT2D eigenvalue weighted by Crippen LogP contribution is 2.28. The summed E-state index contributed by atoms with van der Waals surface area (Å²) in [5, 5.41) is 6.46. The number of carbonyl (C=O) groups is 2. The van der Waals surface area contributed by atoms with E-state index in [0.717, 1.165) is 32.2 Å². The number of anilines is 1. The van der Waals surface area contributed by atoms with E-state index >= 15 is 0 Å². The lowest BCUT2D eigenvalue weighted by Crippen LogP contribution is -2.44. The zero-order chi connectivity index (χ0) is 21.7. The molecule has 7 heteroatoms. The summed E-state index contributed by atoms with van der Waals surface area (Å²) in [5.41, 5.74) is 1.09. The van der Waals surface area contributed by atoms with Gasteiger partial charge in [-0.2, -0.15) is 0 Å².